The number of aromatic nitrogens is 1. The lowest BCUT2D eigenvalue weighted by atomic mass is 10.2. The van der Waals surface area contributed by atoms with Crippen LogP contribution in [-0.2, 0) is 6.42 Å². The van der Waals surface area contributed by atoms with Gasteiger partial charge < -0.3 is 10.5 Å². The predicted molar refractivity (Wildman–Crippen MR) is 64.5 cm³/mol. The van der Waals surface area contributed by atoms with Crippen molar-refractivity contribution in [3.63, 3.8) is 0 Å². The van der Waals surface area contributed by atoms with Gasteiger partial charge in [-0.05, 0) is 24.1 Å². The Balaban J connectivity index is 2.24. The fourth-order valence-electron chi connectivity index (χ4n) is 1.44. The number of pyridine rings is 1. The second kappa shape index (κ2) is 4.66. The fraction of sp³-hybridized carbons (Fsp3) is 0.154. The van der Waals surface area contributed by atoms with E-state index in [9.17, 15) is 0 Å². The number of nitrogens with zero attached hydrogens (tertiary/aromatic N) is 1. The highest BCUT2D eigenvalue weighted by molar-refractivity contribution is 5.51. The van der Waals surface area contributed by atoms with Crippen molar-refractivity contribution in [2.45, 2.75) is 13.3 Å². The lowest BCUT2D eigenvalue weighted by Crippen LogP contribution is -1.93. The monoisotopic (exact) mass is 214 g/mol. The Morgan fingerprint density at radius 3 is 2.94 bits per heavy atom. The van der Waals surface area contributed by atoms with Gasteiger partial charge in [0.15, 0.2) is 5.75 Å². The van der Waals surface area contributed by atoms with Gasteiger partial charge in [-0.1, -0.05) is 19.1 Å². The van der Waals surface area contributed by atoms with Crippen LogP contribution >= 0.6 is 0 Å². The van der Waals surface area contributed by atoms with Gasteiger partial charge in [0.25, 0.3) is 0 Å². The molecule has 0 aliphatic carbocycles. The number of hydrogen-bond acceptors (Lipinski definition) is 3. The summed E-state index contributed by atoms with van der Waals surface area (Å²) in [6.07, 6.45) is 4.23. The van der Waals surface area contributed by atoms with Crippen molar-refractivity contribution in [1.82, 2.24) is 4.98 Å². The zero-order valence-corrected chi connectivity index (χ0v) is 9.18. The van der Waals surface area contributed by atoms with Crippen molar-refractivity contribution >= 4 is 5.69 Å². The number of hydrogen-bond donors (Lipinski definition) is 1. The summed E-state index contributed by atoms with van der Waals surface area (Å²) in [7, 11) is 0. The molecule has 3 heteroatoms. The first kappa shape index (κ1) is 10.5. The Labute approximate surface area is 94.9 Å². The molecule has 0 radical (unpaired) electrons. The summed E-state index contributed by atoms with van der Waals surface area (Å²) in [4.78, 5) is 3.92. The van der Waals surface area contributed by atoms with E-state index in [2.05, 4.69) is 18.0 Å². The molecule has 0 amide bonds. The van der Waals surface area contributed by atoms with Crippen LogP contribution in [-0.4, -0.2) is 4.98 Å². The molecule has 16 heavy (non-hydrogen) atoms. The molecule has 0 saturated heterocycles. The van der Waals surface area contributed by atoms with Crippen LogP contribution in [0.3, 0.4) is 0 Å². The summed E-state index contributed by atoms with van der Waals surface area (Å²) in [5.74, 6) is 1.44. The Bertz CT molecular complexity index is 483. The van der Waals surface area contributed by atoms with Gasteiger partial charge in [0.2, 0.25) is 0 Å². The Morgan fingerprint density at radius 1 is 1.31 bits per heavy atom. The second-order valence-corrected chi connectivity index (χ2v) is 3.52. The van der Waals surface area contributed by atoms with Crippen LogP contribution in [0.2, 0.25) is 0 Å². The molecule has 1 heterocycles. The van der Waals surface area contributed by atoms with E-state index in [1.54, 1.807) is 18.5 Å². The summed E-state index contributed by atoms with van der Waals surface area (Å²) < 4.78 is 5.69. The third-order valence-corrected chi connectivity index (χ3v) is 2.34. The largest absolute Gasteiger partial charge is 0.455 e. The second-order valence-electron chi connectivity index (χ2n) is 3.52. The third kappa shape index (κ3) is 2.31. The number of rotatable bonds is 3. The minimum atomic E-state index is 0.546. The Hall–Kier alpha value is -2.03. The van der Waals surface area contributed by atoms with Gasteiger partial charge in [-0.15, -0.1) is 0 Å². The molecule has 0 bridgehead atoms. The van der Waals surface area contributed by atoms with Crippen molar-refractivity contribution in [1.29, 1.82) is 0 Å². The Kier molecular flexibility index (Phi) is 3.05. The zero-order chi connectivity index (χ0) is 11.4. The molecular weight excluding hydrogens is 200 g/mol. The van der Waals surface area contributed by atoms with Crippen LogP contribution in [0.25, 0.3) is 0 Å². The van der Waals surface area contributed by atoms with Gasteiger partial charge in [-0.25, -0.2) is 0 Å². The van der Waals surface area contributed by atoms with Gasteiger partial charge in [-0.3, -0.25) is 4.98 Å². The average Bonchev–Trinajstić information content (AvgIpc) is 2.32. The fourth-order valence-corrected chi connectivity index (χ4v) is 1.44. The summed E-state index contributed by atoms with van der Waals surface area (Å²) in [6, 6.07) is 9.74. The van der Waals surface area contributed by atoms with E-state index in [1.807, 2.05) is 18.2 Å². The van der Waals surface area contributed by atoms with Crippen LogP contribution in [0.5, 0.6) is 11.5 Å². The van der Waals surface area contributed by atoms with Gasteiger partial charge in [0.05, 0.1) is 11.9 Å². The van der Waals surface area contributed by atoms with Gasteiger partial charge in [0.1, 0.15) is 5.75 Å². The van der Waals surface area contributed by atoms with Crippen LogP contribution in [0.4, 0.5) is 5.69 Å². The molecule has 2 N–H and O–H groups in total. The lowest BCUT2D eigenvalue weighted by molar-refractivity contribution is 0.484. The van der Waals surface area contributed by atoms with Gasteiger partial charge >= 0.3 is 0 Å². The van der Waals surface area contributed by atoms with Crippen molar-refractivity contribution in [2.24, 2.45) is 0 Å². The number of nitrogen functional groups attached to an aromatic ring is 1. The first-order chi connectivity index (χ1) is 7.79. The molecule has 0 unspecified atom stereocenters. The standard InChI is InChI=1S/C13H14N2O/c1-2-10-4-3-5-11(8-10)16-13-6-7-15-9-12(13)14/h3-9H,2,14H2,1H3. The molecule has 2 rings (SSSR count). The molecule has 3 nitrogen and oxygen atoms in total. The predicted octanol–water partition coefficient (Wildman–Crippen LogP) is 3.02. The number of nitrogens with two attached hydrogens (primary N) is 1. The van der Waals surface area contributed by atoms with Crippen molar-refractivity contribution in [3.05, 3.63) is 48.3 Å². The Morgan fingerprint density at radius 2 is 2.19 bits per heavy atom. The van der Waals surface area contributed by atoms with E-state index >= 15 is 0 Å². The summed E-state index contributed by atoms with van der Waals surface area (Å²) in [5.41, 5.74) is 7.54. The normalized spacial score (nSPS) is 10.1. The first-order valence-corrected chi connectivity index (χ1v) is 5.26. The van der Waals surface area contributed by atoms with Crippen LogP contribution in [0.15, 0.2) is 42.7 Å². The summed E-state index contributed by atoms with van der Waals surface area (Å²) in [5, 5.41) is 0. The molecular formula is C13H14N2O. The highest BCUT2D eigenvalue weighted by atomic mass is 16.5. The van der Waals surface area contributed by atoms with Crippen LogP contribution in [0.1, 0.15) is 12.5 Å². The smallest absolute Gasteiger partial charge is 0.153 e. The molecule has 0 fully saturated rings. The number of anilines is 1. The minimum absolute atomic E-state index is 0.546. The molecule has 0 aliphatic rings. The molecule has 2 aromatic rings. The van der Waals surface area contributed by atoms with E-state index in [1.165, 1.54) is 5.56 Å². The molecule has 1 aromatic carbocycles. The first-order valence-electron chi connectivity index (χ1n) is 5.26. The van der Waals surface area contributed by atoms with Crippen LogP contribution in [0, 0.1) is 0 Å². The topological polar surface area (TPSA) is 48.1 Å². The van der Waals surface area contributed by atoms with E-state index in [-0.39, 0.29) is 0 Å². The maximum absolute atomic E-state index is 5.75. The molecule has 0 atom stereocenters. The quantitative estimate of drug-likeness (QED) is 0.854. The third-order valence-electron chi connectivity index (χ3n) is 2.34. The maximum Gasteiger partial charge on any atom is 0.153 e. The zero-order valence-electron chi connectivity index (χ0n) is 9.18. The van der Waals surface area contributed by atoms with E-state index in [0.29, 0.717) is 11.4 Å². The highest BCUT2D eigenvalue weighted by Gasteiger charge is 2.01. The van der Waals surface area contributed by atoms with E-state index in [0.717, 1.165) is 12.2 Å². The molecule has 0 spiro atoms. The van der Waals surface area contributed by atoms with E-state index in [4.69, 9.17) is 10.5 Å². The van der Waals surface area contributed by atoms with Crippen molar-refractivity contribution in [3.8, 4) is 11.5 Å². The summed E-state index contributed by atoms with van der Waals surface area (Å²) in [6.45, 7) is 2.11. The SMILES string of the molecule is CCc1cccc(Oc2ccncc2N)c1. The lowest BCUT2D eigenvalue weighted by Gasteiger charge is -2.08. The number of benzene rings is 1. The molecule has 1 aromatic heterocycles. The van der Waals surface area contributed by atoms with Crippen molar-refractivity contribution < 1.29 is 4.74 Å². The minimum Gasteiger partial charge on any atom is -0.455 e. The van der Waals surface area contributed by atoms with Crippen molar-refractivity contribution in [2.75, 3.05) is 5.73 Å². The van der Waals surface area contributed by atoms with E-state index < -0.39 is 0 Å². The maximum atomic E-state index is 5.75. The summed E-state index contributed by atoms with van der Waals surface area (Å²) >= 11 is 0. The number of ether oxygens (including phenoxy) is 1. The molecule has 0 aliphatic heterocycles. The number of aryl methyl sites for hydroxylation is 1. The average molecular weight is 214 g/mol. The van der Waals surface area contributed by atoms with Gasteiger partial charge in [0, 0.05) is 12.3 Å². The molecule has 0 saturated carbocycles. The molecule has 82 valence electrons. The highest BCUT2D eigenvalue weighted by Crippen LogP contribution is 2.26. The van der Waals surface area contributed by atoms with Crippen LogP contribution < -0.4 is 10.5 Å². The van der Waals surface area contributed by atoms with Gasteiger partial charge in [-0.2, -0.15) is 0 Å².